The molecule has 0 bridgehead atoms. The highest BCUT2D eigenvalue weighted by Gasteiger charge is 2.09. The Kier molecular flexibility index (Phi) is 3.41. The number of hydrogen-bond acceptors (Lipinski definition) is 4. The maximum Gasteiger partial charge on any atom is 0.153 e. The number of rotatable bonds is 3. The number of halogens is 1. The van der Waals surface area contributed by atoms with E-state index in [2.05, 4.69) is 15.3 Å². The summed E-state index contributed by atoms with van der Waals surface area (Å²) in [7, 11) is 0. The summed E-state index contributed by atoms with van der Waals surface area (Å²) >= 11 is 0. The number of nitrogen functional groups attached to an aromatic ring is 1. The van der Waals surface area contributed by atoms with Crippen molar-refractivity contribution in [1.82, 2.24) is 9.97 Å². The maximum absolute atomic E-state index is 13.5. The minimum absolute atomic E-state index is 0.0858. The molecule has 18 heavy (non-hydrogen) atoms. The first-order valence-electron chi connectivity index (χ1n) is 5.66. The van der Waals surface area contributed by atoms with Gasteiger partial charge < -0.3 is 11.1 Å². The van der Waals surface area contributed by atoms with Crippen LogP contribution in [-0.2, 0) is 0 Å². The molecule has 94 valence electrons. The van der Waals surface area contributed by atoms with Crippen LogP contribution in [0.25, 0.3) is 0 Å². The highest BCUT2D eigenvalue weighted by atomic mass is 19.1. The first-order chi connectivity index (χ1) is 8.58. The molecule has 0 aliphatic carbocycles. The molecule has 0 aliphatic heterocycles. The van der Waals surface area contributed by atoms with Crippen LogP contribution in [0.2, 0.25) is 0 Å². The first kappa shape index (κ1) is 12.3. The molecule has 1 heterocycles. The second-order valence-corrected chi connectivity index (χ2v) is 4.20. The number of benzene rings is 1. The zero-order chi connectivity index (χ0) is 13.1. The van der Waals surface area contributed by atoms with Gasteiger partial charge in [0, 0.05) is 0 Å². The molecule has 0 aliphatic rings. The molecule has 3 N–H and O–H groups in total. The predicted octanol–water partition coefficient (Wildman–Crippen LogP) is 2.68. The lowest BCUT2D eigenvalue weighted by Gasteiger charge is -2.16. The van der Waals surface area contributed by atoms with Crippen molar-refractivity contribution in [3.05, 3.63) is 47.7 Å². The van der Waals surface area contributed by atoms with Crippen LogP contribution in [0.4, 0.5) is 15.9 Å². The highest BCUT2D eigenvalue weighted by molar-refractivity contribution is 5.59. The molecule has 2 rings (SSSR count). The number of anilines is 2. The van der Waals surface area contributed by atoms with E-state index in [0.717, 1.165) is 5.56 Å². The van der Waals surface area contributed by atoms with Crippen LogP contribution in [0.1, 0.15) is 24.1 Å². The summed E-state index contributed by atoms with van der Waals surface area (Å²) in [5.41, 5.74) is 7.68. The second kappa shape index (κ2) is 5.00. The Hall–Kier alpha value is -2.17. The topological polar surface area (TPSA) is 63.8 Å². The highest BCUT2D eigenvalue weighted by Crippen LogP contribution is 2.22. The van der Waals surface area contributed by atoms with Crippen molar-refractivity contribution in [3.8, 4) is 0 Å². The Morgan fingerprint density at radius 3 is 2.83 bits per heavy atom. The standard InChI is InChI=1S/C13H15FN4/c1-8-3-4-10(5-11(8)14)9(2)18-13-12(15)6-16-7-17-13/h3-7,9H,15H2,1-2H3,(H,16,17,18). The molecule has 0 amide bonds. The van der Waals surface area contributed by atoms with Gasteiger partial charge in [0.15, 0.2) is 5.82 Å². The second-order valence-electron chi connectivity index (χ2n) is 4.20. The zero-order valence-electron chi connectivity index (χ0n) is 10.3. The van der Waals surface area contributed by atoms with Gasteiger partial charge in [-0.1, -0.05) is 12.1 Å². The number of aromatic nitrogens is 2. The van der Waals surface area contributed by atoms with Crippen LogP contribution in [0.15, 0.2) is 30.7 Å². The molecule has 4 nitrogen and oxygen atoms in total. The van der Waals surface area contributed by atoms with Gasteiger partial charge in [-0.2, -0.15) is 0 Å². The van der Waals surface area contributed by atoms with Gasteiger partial charge in [-0.15, -0.1) is 0 Å². The summed E-state index contributed by atoms with van der Waals surface area (Å²) in [6.07, 6.45) is 2.94. The minimum Gasteiger partial charge on any atom is -0.394 e. The Morgan fingerprint density at radius 1 is 1.39 bits per heavy atom. The third-order valence-electron chi connectivity index (χ3n) is 2.79. The van der Waals surface area contributed by atoms with Gasteiger partial charge in [0.1, 0.15) is 12.1 Å². The Bertz CT molecular complexity index is 556. The van der Waals surface area contributed by atoms with E-state index in [0.29, 0.717) is 17.1 Å². The largest absolute Gasteiger partial charge is 0.394 e. The van der Waals surface area contributed by atoms with Crippen molar-refractivity contribution < 1.29 is 4.39 Å². The number of nitrogens with one attached hydrogen (secondary N) is 1. The molecule has 2 aromatic rings. The summed E-state index contributed by atoms with van der Waals surface area (Å²) in [6.45, 7) is 3.66. The minimum atomic E-state index is -0.211. The molecule has 1 aromatic carbocycles. The quantitative estimate of drug-likeness (QED) is 0.874. The van der Waals surface area contributed by atoms with E-state index in [1.54, 1.807) is 13.0 Å². The van der Waals surface area contributed by atoms with Crippen LogP contribution in [0.3, 0.4) is 0 Å². The van der Waals surface area contributed by atoms with Crippen molar-refractivity contribution in [3.63, 3.8) is 0 Å². The van der Waals surface area contributed by atoms with E-state index in [4.69, 9.17) is 5.73 Å². The van der Waals surface area contributed by atoms with Crippen LogP contribution < -0.4 is 11.1 Å². The Morgan fingerprint density at radius 2 is 2.17 bits per heavy atom. The van der Waals surface area contributed by atoms with E-state index in [-0.39, 0.29) is 11.9 Å². The lowest BCUT2D eigenvalue weighted by Crippen LogP contribution is -2.10. The van der Waals surface area contributed by atoms with Gasteiger partial charge in [0.05, 0.1) is 17.9 Å². The third kappa shape index (κ3) is 2.56. The number of nitrogens with zero attached hydrogens (tertiary/aromatic N) is 2. The number of hydrogen-bond donors (Lipinski definition) is 2. The fraction of sp³-hybridized carbons (Fsp3) is 0.231. The van der Waals surface area contributed by atoms with E-state index in [1.807, 2.05) is 13.0 Å². The molecule has 1 unspecified atom stereocenters. The fourth-order valence-corrected chi connectivity index (χ4v) is 1.63. The van der Waals surface area contributed by atoms with Crippen LogP contribution >= 0.6 is 0 Å². The summed E-state index contributed by atoms with van der Waals surface area (Å²) in [4.78, 5) is 7.86. The van der Waals surface area contributed by atoms with Gasteiger partial charge in [-0.3, -0.25) is 0 Å². The molecular formula is C13H15FN4. The predicted molar refractivity (Wildman–Crippen MR) is 69.6 cm³/mol. The monoisotopic (exact) mass is 246 g/mol. The molecule has 0 radical (unpaired) electrons. The van der Waals surface area contributed by atoms with E-state index < -0.39 is 0 Å². The van der Waals surface area contributed by atoms with E-state index in [1.165, 1.54) is 18.6 Å². The van der Waals surface area contributed by atoms with Crippen molar-refractivity contribution in [1.29, 1.82) is 0 Å². The molecule has 1 aromatic heterocycles. The summed E-state index contributed by atoms with van der Waals surface area (Å²) in [6, 6.07) is 5.07. The van der Waals surface area contributed by atoms with Crippen molar-refractivity contribution in [2.45, 2.75) is 19.9 Å². The fourth-order valence-electron chi connectivity index (χ4n) is 1.63. The van der Waals surface area contributed by atoms with Gasteiger partial charge in [-0.05, 0) is 31.0 Å². The lowest BCUT2D eigenvalue weighted by molar-refractivity contribution is 0.614. The molecule has 0 fully saturated rings. The molecule has 5 heteroatoms. The van der Waals surface area contributed by atoms with Crippen LogP contribution in [0.5, 0.6) is 0 Å². The number of nitrogens with two attached hydrogens (primary N) is 1. The van der Waals surface area contributed by atoms with Crippen LogP contribution in [0, 0.1) is 12.7 Å². The molecular weight excluding hydrogens is 231 g/mol. The molecule has 1 atom stereocenters. The first-order valence-corrected chi connectivity index (χ1v) is 5.66. The smallest absolute Gasteiger partial charge is 0.153 e. The average Bonchev–Trinajstić information content (AvgIpc) is 2.35. The average molecular weight is 246 g/mol. The normalized spacial score (nSPS) is 12.2. The van der Waals surface area contributed by atoms with Gasteiger partial charge in [-0.25, -0.2) is 14.4 Å². The summed E-state index contributed by atoms with van der Waals surface area (Å²) < 4.78 is 13.5. The van der Waals surface area contributed by atoms with Crippen molar-refractivity contribution >= 4 is 11.5 Å². The molecule has 0 spiro atoms. The molecule has 0 saturated heterocycles. The Balaban J connectivity index is 2.19. The van der Waals surface area contributed by atoms with Crippen molar-refractivity contribution in [2.24, 2.45) is 0 Å². The van der Waals surface area contributed by atoms with E-state index >= 15 is 0 Å². The third-order valence-corrected chi connectivity index (χ3v) is 2.79. The summed E-state index contributed by atoms with van der Waals surface area (Å²) in [5.74, 6) is 0.343. The van der Waals surface area contributed by atoms with E-state index in [9.17, 15) is 4.39 Å². The van der Waals surface area contributed by atoms with Gasteiger partial charge in [0.25, 0.3) is 0 Å². The maximum atomic E-state index is 13.5. The number of aryl methyl sites for hydroxylation is 1. The lowest BCUT2D eigenvalue weighted by atomic mass is 10.1. The molecule has 0 saturated carbocycles. The van der Waals surface area contributed by atoms with Crippen LogP contribution in [-0.4, -0.2) is 9.97 Å². The zero-order valence-corrected chi connectivity index (χ0v) is 10.3. The van der Waals surface area contributed by atoms with Crippen molar-refractivity contribution in [2.75, 3.05) is 11.1 Å². The van der Waals surface area contributed by atoms with Gasteiger partial charge >= 0.3 is 0 Å². The Labute approximate surface area is 105 Å². The van der Waals surface area contributed by atoms with Gasteiger partial charge in [0.2, 0.25) is 0 Å². The summed E-state index contributed by atoms with van der Waals surface area (Å²) in [5, 5.41) is 3.13. The SMILES string of the molecule is Cc1ccc(C(C)Nc2ncncc2N)cc1F.